The number of carboxylic acids is 1. The number of hydrogen-bond acceptors (Lipinski definition) is 4. The zero-order valence-corrected chi connectivity index (χ0v) is 18.1. The lowest BCUT2D eigenvalue weighted by Crippen LogP contribution is -2.22. The van der Waals surface area contributed by atoms with Crippen molar-refractivity contribution in [1.29, 1.82) is 0 Å². The van der Waals surface area contributed by atoms with Crippen LogP contribution in [0.2, 0.25) is 0 Å². The molecule has 0 unspecified atom stereocenters. The normalized spacial score (nSPS) is 25.5. The zero-order valence-electron chi connectivity index (χ0n) is 17.3. The first kappa shape index (κ1) is 22.3. The molecule has 2 aromatic rings. The summed E-state index contributed by atoms with van der Waals surface area (Å²) in [5.74, 6) is 0.0566. The van der Waals surface area contributed by atoms with Crippen LogP contribution in [0.4, 0.5) is 0 Å². The number of fused-ring (bicyclic) bond motifs is 1. The van der Waals surface area contributed by atoms with E-state index >= 15 is 0 Å². The smallest absolute Gasteiger partial charge is 0.303 e. The molecule has 1 heterocycles. The van der Waals surface area contributed by atoms with Gasteiger partial charge in [0.25, 0.3) is 0 Å². The Kier molecular flexibility index (Phi) is 8.10. The average Bonchev–Trinajstić information content (AvgIpc) is 3.23. The van der Waals surface area contributed by atoms with Crippen molar-refractivity contribution in [2.45, 2.75) is 82.8 Å². The highest BCUT2D eigenvalue weighted by molar-refractivity contribution is 7.19. The van der Waals surface area contributed by atoms with Crippen molar-refractivity contribution >= 4 is 27.4 Å². The van der Waals surface area contributed by atoms with Gasteiger partial charge in [-0.1, -0.05) is 44.4 Å². The highest BCUT2D eigenvalue weighted by Gasteiger charge is 2.40. The van der Waals surface area contributed by atoms with Crippen LogP contribution in [0.5, 0.6) is 0 Å². The van der Waals surface area contributed by atoms with Crippen molar-refractivity contribution in [3.05, 3.63) is 35.2 Å². The van der Waals surface area contributed by atoms with Gasteiger partial charge in [-0.3, -0.25) is 4.79 Å². The maximum atomic E-state index is 10.6. The van der Waals surface area contributed by atoms with Crippen molar-refractivity contribution in [2.75, 3.05) is 0 Å². The quantitative estimate of drug-likeness (QED) is 0.417. The number of rotatable bonds is 11. The molecule has 1 saturated carbocycles. The molecule has 29 heavy (non-hydrogen) atoms. The Morgan fingerprint density at radius 3 is 2.48 bits per heavy atom. The molecule has 5 heteroatoms. The van der Waals surface area contributed by atoms with Crippen molar-refractivity contribution in [1.82, 2.24) is 0 Å². The highest BCUT2D eigenvalue weighted by atomic mass is 32.1. The zero-order chi connectivity index (χ0) is 20.8. The summed E-state index contributed by atoms with van der Waals surface area (Å²) in [7, 11) is 0. The summed E-state index contributed by atoms with van der Waals surface area (Å²) in [6, 6.07) is 10.8. The van der Waals surface area contributed by atoms with Gasteiger partial charge in [-0.15, -0.1) is 11.3 Å². The van der Waals surface area contributed by atoms with E-state index in [1.807, 2.05) is 11.3 Å². The molecule has 0 bridgehead atoms. The molecule has 4 nitrogen and oxygen atoms in total. The predicted octanol–water partition coefficient (Wildman–Crippen LogP) is 5.57. The first-order valence-corrected chi connectivity index (χ1v) is 11.8. The van der Waals surface area contributed by atoms with Gasteiger partial charge in [0.15, 0.2) is 0 Å². The first-order valence-electron chi connectivity index (χ1n) is 11.0. The Labute approximate surface area is 177 Å². The molecule has 0 saturated heterocycles. The average molecular weight is 419 g/mol. The number of hydrogen-bond donors (Lipinski definition) is 3. The molecule has 0 amide bonds. The molecule has 1 aliphatic rings. The molecule has 0 aliphatic heterocycles. The van der Waals surface area contributed by atoms with Crippen molar-refractivity contribution in [3.63, 3.8) is 0 Å². The minimum atomic E-state index is -0.729. The maximum Gasteiger partial charge on any atom is 0.303 e. The molecule has 160 valence electrons. The van der Waals surface area contributed by atoms with Crippen molar-refractivity contribution in [3.8, 4) is 0 Å². The van der Waals surface area contributed by atoms with Crippen LogP contribution in [0.1, 0.15) is 75.5 Å². The first-order chi connectivity index (χ1) is 14.0. The summed E-state index contributed by atoms with van der Waals surface area (Å²) < 4.78 is 1.33. The number of aliphatic hydroxyl groups excluding tert-OH is 2. The van der Waals surface area contributed by atoms with Gasteiger partial charge >= 0.3 is 5.97 Å². The van der Waals surface area contributed by atoms with Crippen LogP contribution in [-0.2, 0) is 4.79 Å². The number of carbonyl (C=O) groups is 1. The third-order valence-electron chi connectivity index (χ3n) is 6.56. The molecule has 3 N–H and O–H groups in total. The van der Waals surface area contributed by atoms with Crippen LogP contribution in [0, 0.1) is 11.8 Å². The molecule has 0 spiro atoms. The summed E-state index contributed by atoms with van der Waals surface area (Å²) in [6.07, 6.45) is 6.45. The third-order valence-corrected chi connectivity index (χ3v) is 7.91. The van der Waals surface area contributed by atoms with E-state index in [-0.39, 0.29) is 18.3 Å². The Hall–Kier alpha value is -1.43. The standard InChI is InChI=1S/C24H34O4S/c1-16(23-14-17-8-6-7-10-22(17)29-23)12-13-19-18(20(25)15-21(19)26)9-4-2-3-5-11-24(27)28/h6-8,10,14,16,18-21,25-26H,2-5,9,11-13,15H2,1H3,(H,27,28)/t16-,18-,19-,20+,21-/m1/s1. The number of aliphatic carboxylic acids is 1. The van der Waals surface area contributed by atoms with E-state index in [1.165, 1.54) is 15.0 Å². The van der Waals surface area contributed by atoms with Crippen molar-refractivity contribution in [2.24, 2.45) is 11.8 Å². The minimum Gasteiger partial charge on any atom is -0.481 e. The number of carboxylic acid groups (broad SMARTS) is 1. The van der Waals surface area contributed by atoms with E-state index < -0.39 is 18.2 Å². The van der Waals surface area contributed by atoms with Gasteiger partial charge < -0.3 is 15.3 Å². The highest BCUT2D eigenvalue weighted by Crippen LogP contribution is 2.41. The molecule has 3 rings (SSSR count). The second kappa shape index (κ2) is 10.6. The molecule has 1 aromatic heterocycles. The Balaban J connectivity index is 1.48. The van der Waals surface area contributed by atoms with Crippen LogP contribution < -0.4 is 0 Å². The van der Waals surface area contributed by atoms with E-state index in [4.69, 9.17) is 5.11 Å². The van der Waals surface area contributed by atoms with Crippen molar-refractivity contribution < 1.29 is 20.1 Å². The molecule has 0 radical (unpaired) electrons. The van der Waals surface area contributed by atoms with E-state index in [1.54, 1.807) is 0 Å². The summed E-state index contributed by atoms with van der Waals surface area (Å²) in [5, 5.41) is 31.0. The Bertz CT molecular complexity index is 753. The number of aliphatic hydroxyl groups is 2. The van der Waals surface area contributed by atoms with Gasteiger partial charge in [0.2, 0.25) is 0 Å². The molecule has 1 aromatic carbocycles. The number of unbranched alkanes of at least 4 members (excludes halogenated alkanes) is 3. The monoisotopic (exact) mass is 418 g/mol. The lowest BCUT2D eigenvalue weighted by Gasteiger charge is -2.24. The van der Waals surface area contributed by atoms with Crippen LogP contribution in [0.3, 0.4) is 0 Å². The lowest BCUT2D eigenvalue weighted by molar-refractivity contribution is -0.137. The Morgan fingerprint density at radius 2 is 1.76 bits per heavy atom. The predicted molar refractivity (Wildman–Crippen MR) is 118 cm³/mol. The van der Waals surface area contributed by atoms with Gasteiger partial charge in [-0.05, 0) is 67.4 Å². The molecule has 5 atom stereocenters. The third kappa shape index (κ3) is 6.03. The molecule has 1 aliphatic carbocycles. The SMILES string of the molecule is C[C@H](CC[C@@H]1[C@@H](CCCCCCC(=O)O)[C@@H](O)C[C@H]1O)c1cc2ccccc2s1. The molecule has 1 fully saturated rings. The van der Waals surface area contributed by atoms with Crippen LogP contribution in [0.25, 0.3) is 10.1 Å². The second-order valence-corrected chi connectivity index (χ2v) is 9.83. The van der Waals surface area contributed by atoms with Gasteiger partial charge in [0, 0.05) is 16.0 Å². The largest absolute Gasteiger partial charge is 0.481 e. The number of thiophene rings is 1. The maximum absolute atomic E-state index is 10.6. The second-order valence-electron chi connectivity index (χ2n) is 8.71. The summed E-state index contributed by atoms with van der Waals surface area (Å²) in [5.41, 5.74) is 0. The van der Waals surface area contributed by atoms with Crippen LogP contribution >= 0.6 is 11.3 Å². The van der Waals surface area contributed by atoms with Crippen LogP contribution in [-0.4, -0.2) is 33.5 Å². The fraction of sp³-hybridized carbons (Fsp3) is 0.625. The van der Waals surface area contributed by atoms with Gasteiger partial charge in [-0.25, -0.2) is 0 Å². The fourth-order valence-electron chi connectivity index (χ4n) is 4.82. The molecular weight excluding hydrogens is 384 g/mol. The van der Waals surface area contributed by atoms with E-state index in [0.29, 0.717) is 12.3 Å². The molecular formula is C24H34O4S. The summed E-state index contributed by atoms with van der Waals surface area (Å²) in [6.45, 7) is 2.26. The fourth-order valence-corrected chi connectivity index (χ4v) is 5.97. The van der Waals surface area contributed by atoms with Gasteiger partial charge in [0.1, 0.15) is 0 Å². The van der Waals surface area contributed by atoms with E-state index in [2.05, 4.69) is 37.3 Å². The van der Waals surface area contributed by atoms with E-state index in [0.717, 1.165) is 44.9 Å². The number of benzene rings is 1. The van der Waals surface area contributed by atoms with E-state index in [9.17, 15) is 15.0 Å². The van der Waals surface area contributed by atoms with Gasteiger partial charge in [-0.2, -0.15) is 0 Å². The lowest BCUT2D eigenvalue weighted by atomic mass is 9.83. The van der Waals surface area contributed by atoms with Gasteiger partial charge in [0.05, 0.1) is 12.2 Å². The van der Waals surface area contributed by atoms with Crippen LogP contribution in [0.15, 0.2) is 30.3 Å². The summed E-state index contributed by atoms with van der Waals surface area (Å²) in [4.78, 5) is 12.0. The summed E-state index contributed by atoms with van der Waals surface area (Å²) >= 11 is 1.86. The Morgan fingerprint density at radius 1 is 1.07 bits per heavy atom. The topological polar surface area (TPSA) is 77.8 Å². The minimum absolute atomic E-state index is 0.166.